The maximum absolute atomic E-state index is 12.6. The predicted molar refractivity (Wildman–Crippen MR) is 75.6 cm³/mol. The normalized spacial score (nSPS) is 11.5. The molecule has 0 aliphatic carbocycles. The number of aryl methyl sites for hydroxylation is 2. The van der Waals surface area contributed by atoms with Gasteiger partial charge < -0.3 is 5.32 Å². The summed E-state index contributed by atoms with van der Waals surface area (Å²) in [5, 5.41) is 6.77. The number of benzene rings is 1. The summed E-state index contributed by atoms with van der Waals surface area (Å²) < 4.78 is 39.2. The molecule has 4 nitrogen and oxygen atoms in total. The van der Waals surface area contributed by atoms with E-state index in [1.54, 1.807) is 14.0 Å². The quantitative estimate of drug-likeness (QED) is 0.937. The van der Waals surface area contributed by atoms with Crippen LogP contribution in [0.3, 0.4) is 0 Å². The van der Waals surface area contributed by atoms with Gasteiger partial charge in [-0.25, -0.2) is 0 Å². The number of rotatable bonds is 3. The van der Waals surface area contributed by atoms with Crippen LogP contribution >= 0.6 is 11.6 Å². The Hall–Kier alpha value is -2.02. The molecule has 1 N–H and O–H groups in total. The van der Waals surface area contributed by atoms with Crippen LogP contribution in [0.4, 0.5) is 13.2 Å². The van der Waals surface area contributed by atoms with E-state index in [1.165, 1.54) is 16.8 Å². The third kappa shape index (κ3) is 3.41. The number of aromatic nitrogens is 2. The Labute approximate surface area is 129 Å². The van der Waals surface area contributed by atoms with Crippen LogP contribution < -0.4 is 5.32 Å². The van der Waals surface area contributed by atoms with Crippen molar-refractivity contribution < 1.29 is 18.0 Å². The van der Waals surface area contributed by atoms with Gasteiger partial charge in [-0.05, 0) is 24.6 Å². The van der Waals surface area contributed by atoms with Crippen LogP contribution in [0.2, 0.25) is 5.02 Å². The smallest absolute Gasteiger partial charge is 0.347 e. The molecule has 0 spiro atoms. The van der Waals surface area contributed by atoms with E-state index in [1.807, 2.05) is 0 Å². The maximum atomic E-state index is 12.6. The van der Waals surface area contributed by atoms with E-state index in [0.717, 1.165) is 12.1 Å². The van der Waals surface area contributed by atoms with Gasteiger partial charge in [-0.15, -0.1) is 0 Å². The molecule has 0 atom stereocenters. The van der Waals surface area contributed by atoms with Gasteiger partial charge in [0.05, 0.1) is 16.3 Å². The number of nitrogens with zero attached hydrogens (tertiary/aromatic N) is 2. The number of carbonyl (C=O) groups is 1. The molecule has 0 saturated carbocycles. The lowest BCUT2D eigenvalue weighted by molar-refractivity contribution is -0.137. The summed E-state index contributed by atoms with van der Waals surface area (Å²) in [6.07, 6.45) is -4.41. The van der Waals surface area contributed by atoms with Crippen molar-refractivity contribution in [2.75, 3.05) is 0 Å². The fraction of sp³-hybridized carbons (Fsp3) is 0.286. The third-order valence-corrected chi connectivity index (χ3v) is 3.52. The molecule has 0 unspecified atom stereocenters. The first-order valence-corrected chi connectivity index (χ1v) is 6.71. The first-order chi connectivity index (χ1) is 10.2. The zero-order valence-corrected chi connectivity index (χ0v) is 12.6. The van der Waals surface area contributed by atoms with E-state index < -0.39 is 17.6 Å². The highest BCUT2D eigenvalue weighted by Crippen LogP contribution is 2.29. The van der Waals surface area contributed by atoms with Crippen molar-refractivity contribution in [2.24, 2.45) is 7.05 Å². The number of nitrogens with one attached hydrogen (secondary N) is 1. The van der Waals surface area contributed by atoms with Crippen LogP contribution in [0.1, 0.15) is 27.3 Å². The molecule has 1 aromatic carbocycles. The van der Waals surface area contributed by atoms with E-state index in [0.29, 0.717) is 11.3 Å². The standard InChI is InChI=1S/C14H13ClF3N3O/c1-8-11(15)12(21(2)20-8)13(22)19-7-9-4-3-5-10(6-9)14(16,17)18/h3-6H,7H2,1-2H3,(H,19,22). The summed E-state index contributed by atoms with van der Waals surface area (Å²) >= 11 is 5.98. The second kappa shape index (κ2) is 6.00. The minimum atomic E-state index is -4.41. The summed E-state index contributed by atoms with van der Waals surface area (Å²) in [6.45, 7) is 1.62. The lowest BCUT2D eigenvalue weighted by atomic mass is 10.1. The monoisotopic (exact) mass is 331 g/mol. The predicted octanol–water partition coefficient (Wildman–Crippen LogP) is 3.33. The fourth-order valence-electron chi connectivity index (χ4n) is 2.00. The molecule has 1 aromatic heterocycles. The van der Waals surface area contributed by atoms with Crippen LogP contribution in [0.25, 0.3) is 0 Å². The Morgan fingerprint density at radius 1 is 1.41 bits per heavy atom. The van der Waals surface area contributed by atoms with Gasteiger partial charge in [0.25, 0.3) is 5.91 Å². The molecule has 2 rings (SSSR count). The first-order valence-electron chi connectivity index (χ1n) is 6.33. The largest absolute Gasteiger partial charge is 0.416 e. The minimum Gasteiger partial charge on any atom is -0.347 e. The lowest BCUT2D eigenvalue weighted by Gasteiger charge is -2.10. The van der Waals surface area contributed by atoms with Crippen LogP contribution in [-0.2, 0) is 19.8 Å². The zero-order chi connectivity index (χ0) is 16.5. The second-order valence-electron chi connectivity index (χ2n) is 4.75. The fourth-order valence-corrected chi connectivity index (χ4v) is 2.25. The number of amides is 1. The lowest BCUT2D eigenvalue weighted by Crippen LogP contribution is -2.25. The van der Waals surface area contributed by atoms with Gasteiger partial charge in [0.1, 0.15) is 5.69 Å². The summed E-state index contributed by atoms with van der Waals surface area (Å²) in [5.41, 5.74) is 0.270. The first kappa shape index (κ1) is 16.4. The van der Waals surface area contributed by atoms with E-state index in [2.05, 4.69) is 10.4 Å². The summed E-state index contributed by atoms with van der Waals surface area (Å²) in [6, 6.07) is 4.78. The van der Waals surface area contributed by atoms with Gasteiger partial charge in [-0.3, -0.25) is 9.48 Å². The highest BCUT2D eigenvalue weighted by atomic mass is 35.5. The van der Waals surface area contributed by atoms with Crippen LogP contribution in [-0.4, -0.2) is 15.7 Å². The van der Waals surface area contributed by atoms with E-state index >= 15 is 0 Å². The van der Waals surface area contributed by atoms with Crippen molar-refractivity contribution in [3.8, 4) is 0 Å². The Bertz CT molecular complexity index is 710. The van der Waals surface area contributed by atoms with E-state index in [4.69, 9.17) is 11.6 Å². The number of hydrogen-bond acceptors (Lipinski definition) is 2. The molecule has 1 heterocycles. The Kier molecular flexibility index (Phi) is 4.46. The molecule has 22 heavy (non-hydrogen) atoms. The Morgan fingerprint density at radius 2 is 2.09 bits per heavy atom. The van der Waals surface area contributed by atoms with Gasteiger partial charge in [-0.1, -0.05) is 23.7 Å². The Morgan fingerprint density at radius 3 is 2.64 bits per heavy atom. The van der Waals surface area contributed by atoms with Crippen molar-refractivity contribution in [3.05, 3.63) is 51.8 Å². The molecule has 1 amide bonds. The summed E-state index contributed by atoms with van der Waals surface area (Å²) in [5.74, 6) is -0.495. The molecule has 0 aliphatic heterocycles. The number of hydrogen-bond donors (Lipinski definition) is 1. The molecular formula is C14H13ClF3N3O. The molecular weight excluding hydrogens is 319 g/mol. The maximum Gasteiger partial charge on any atom is 0.416 e. The van der Waals surface area contributed by atoms with Gasteiger partial charge in [-0.2, -0.15) is 18.3 Å². The van der Waals surface area contributed by atoms with E-state index in [9.17, 15) is 18.0 Å². The van der Waals surface area contributed by atoms with Gasteiger partial charge in [0, 0.05) is 13.6 Å². The minimum absolute atomic E-state index is 0.0384. The SMILES string of the molecule is Cc1nn(C)c(C(=O)NCc2cccc(C(F)(F)F)c2)c1Cl. The second-order valence-corrected chi connectivity index (χ2v) is 5.13. The molecule has 0 bridgehead atoms. The molecule has 8 heteroatoms. The van der Waals surface area contributed by atoms with Gasteiger partial charge in [0.2, 0.25) is 0 Å². The topological polar surface area (TPSA) is 46.9 Å². The van der Waals surface area contributed by atoms with Gasteiger partial charge in [0.15, 0.2) is 0 Å². The van der Waals surface area contributed by atoms with Crippen molar-refractivity contribution in [1.82, 2.24) is 15.1 Å². The van der Waals surface area contributed by atoms with Crippen LogP contribution in [0, 0.1) is 6.92 Å². The van der Waals surface area contributed by atoms with E-state index in [-0.39, 0.29) is 17.3 Å². The average molecular weight is 332 g/mol. The molecule has 0 radical (unpaired) electrons. The number of alkyl halides is 3. The number of carbonyl (C=O) groups excluding carboxylic acids is 1. The van der Waals surface area contributed by atoms with Gasteiger partial charge >= 0.3 is 6.18 Å². The number of halogens is 4. The van der Waals surface area contributed by atoms with Crippen molar-refractivity contribution in [2.45, 2.75) is 19.6 Å². The van der Waals surface area contributed by atoms with Crippen LogP contribution in [0.15, 0.2) is 24.3 Å². The highest BCUT2D eigenvalue weighted by molar-refractivity contribution is 6.34. The summed E-state index contributed by atoms with van der Waals surface area (Å²) in [7, 11) is 1.57. The van der Waals surface area contributed by atoms with Crippen LogP contribution in [0.5, 0.6) is 0 Å². The molecule has 0 fully saturated rings. The molecule has 0 aliphatic rings. The third-order valence-electron chi connectivity index (χ3n) is 3.07. The Balaban J connectivity index is 2.12. The summed E-state index contributed by atoms with van der Waals surface area (Å²) in [4.78, 5) is 12.1. The van der Waals surface area contributed by atoms with Crippen molar-refractivity contribution in [3.63, 3.8) is 0 Å². The molecule has 118 valence electrons. The molecule has 2 aromatic rings. The highest BCUT2D eigenvalue weighted by Gasteiger charge is 2.30. The van der Waals surface area contributed by atoms with Crippen molar-refractivity contribution >= 4 is 17.5 Å². The zero-order valence-electron chi connectivity index (χ0n) is 11.8. The molecule has 0 saturated heterocycles. The average Bonchev–Trinajstić information content (AvgIpc) is 2.69. The van der Waals surface area contributed by atoms with Crippen molar-refractivity contribution in [1.29, 1.82) is 0 Å².